The summed E-state index contributed by atoms with van der Waals surface area (Å²) in [6.45, 7) is 4.94. The molecular formula is C65H125NO5. The molecule has 1 amide bonds. The zero-order chi connectivity index (χ0) is 51.4. The van der Waals surface area contributed by atoms with E-state index in [1.165, 1.54) is 250 Å². The molecule has 6 heteroatoms. The first kappa shape index (κ1) is 69.3. The number of unbranched alkanes of at least 4 members (excludes halogenated alkanes) is 46. The molecule has 71 heavy (non-hydrogen) atoms. The van der Waals surface area contributed by atoms with Gasteiger partial charge in [0.2, 0.25) is 5.91 Å². The summed E-state index contributed by atoms with van der Waals surface area (Å²) in [5, 5.41) is 23.4. The van der Waals surface area contributed by atoms with Gasteiger partial charge >= 0.3 is 5.97 Å². The van der Waals surface area contributed by atoms with E-state index in [1.807, 2.05) is 0 Å². The van der Waals surface area contributed by atoms with Crippen molar-refractivity contribution < 1.29 is 24.5 Å². The maximum Gasteiger partial charge on any atom is 0.305 e. The van der Waals surface area contributed by atoms with Crippen molar-refractivity contribution in [2.24, 2.45) is 0 Å². The summed E-state index contributed by atoms with van der Waals surface area (Å²) in [4.78, 5) is 24.6. The second-order valence-corrected chi connectivity index (χ2v) is 22.1. The van der Waals surface area contributed by atoms with Crippen molar-refractivity contribution >= 4 is 11.9 Å². The van der Waals surface area contributed by atoms with E-state index in [4.69, 9.17) is 4.74 Å². The molecule has 0 aliphatic carbocycles. The molecule has 0 aliphatic heterocycles. The number of esters is 1. The smallest absolute Gasteiger partial charge is 0.305 e. The van der Waals surface area contributed by atoms with Gasteiger partial charge in [-0.1, -0.05) is 308 Å². The largest absolute Gasteiger partial charge is 0.466 e. The van der Waals surface area contributed by atoms with Crippen molar-refractivity contribution in [1.82, 2.24) is 5.32 Å². The highest BCUT2D eigenvalue weighted by Crippen LogP contribution is 2.18. The fourth-order valence-electron chi connectivity index (χ4n) is 10.1. The quantitative estimate of drug-likeness (QED) is 0.0320. The Morgan fingerprint density at radius 3 is 1.04 bits per heavy atom. The van der Waals surface area contributed by atoms with Gasteiger partial charge in [0.25, 0.3) is 0 Å². The van der Waals surface area contributed by atoms with Crippen LogP contribution in [0.3, 0.4) is 0 Å². The Bertz CT molecular complexity index is 1110. The van der Waals surface area contributed by atoms with Gasteiger partial charge in [-0.05, 0) is 57.8 Å². The van der Waals surface area contributed by atoms with Crippen LogP contribution in [0, 0.1) is 0 Å². The minimum atomic E-state index is -0.672. The number of aliphatic hydroxyl groups excluding tert-OH is 2. The fourth-order valence-corrected chi connectivity index (χ4v) is 10.1. The highest BCUT2D eigenvalue weighted by atomic mass is 16.5. The summed E-state index contributed by atoms with van der Waals surface area (Å²) in [6, 6.07) is -0.550. The average Bonchev–Trinajstić information content (AvgIpc) is 3.37. The third-order valence-electron chi connectivity index (χ3n) is 15.0. The fraction of sp³-hybridized carbons (Fsp3) is 0.908. The van der Waals surface area contributed by atoms with Gasteiger partial charge < -0.3 is 20.3 Å². The zero-order valence-electron chi connectivity index (χ0n) is 48.0. The van der Waals surface area contributed by atoms with E-state index in [-0.39, 0.29) is 18.5 Å². The van der Waals surface area contributed by atoms with Crippen LogP contribution in [0.4, 0.5) is 0 Å². The van der Waals surface area contributed by atoms with E-state index in [0.29, 0.717) is 25.9 Å². The number of ether oxygens (including phenoxy) is 1. The molecule has 0 saturated heterocycles. The Balaban J connectivity index is 3.46. The molecule has 0 aliphatic rings. The Hall–Kier alpha value is -1.66. The Morgan fingerprint density at radius 2 is 0.690 bits per heavy atom. The van der Waals surface area contributed by atoms with Crippen LogP contribution >= 0.6 is 0 Å². The second-order valence-electron chi connectivity index (χ2n) is 22.1. The summed E-state index contributed by atoms with van der Waals surface area (Å²) < 4.78 is 5.47. The van der Waals surface area contributed by atoms with Gasteiger partial charge in [0.1, 0.15) is 0 Å². The summed E-state index contributed by atoms with van der Waals surface area (Å²) >= 11 is 0. The van der Waals surface area contributed by atoms with Gasteiger partial charge in [0.05, 0.1) is 25.4 Å². The number of hydrogen-bond donors (Lipinski definition) is 3. The van der Waals surface area contributed by atoms with Crippen LogP contribution in [0.25, 0.3) is 0 Å². The third kappa shape index (κ3) is 57.5. The normalized spacial score (nSPS) is 12.7. The highest BCUT2D eigenvalue weighted by molar-refractivity contribution is 5.76. The number of rotatable bonds is 60. The molecule has 0 aromatic rings. The van der Waals surface area contributed by atoms with E-state index in [9.17, 15) is 19.8 Å². The first-order valence-corrected chi connectivity index (χ1v) is 32.1. The van der Waals surface area contributed by atoms with Crippen molar-refractivity contribution in [3.63, 3.8) is 0 Å². The van der Waals surface area contributed by atoms with Gasteiger partial charge in [-0.15, -0.1) is 0 Å². The average molecular weight is 1000 g/mol. The number of aliphatic hydroxyl groups is 2. The molecule has 6 nitrogen and oxygen atoms in total. The van der Waals surface area contributed by atoms with Crippen LogP contribution in [0.1, 0.15) is 354 Å². The number of carbonyl (C=O) groups excluding carboxylic acids is 2. The van der Waals surface area contributed by atoms with Crippen molar-refractivity contribution in [1.29, 1.82) is 0 Å². The molecule has 0 aromatic carbocycles. The molecular weight excluding hydrogens is 875 g/mol. The van der Waals surface area contributed by atoms with Gasteiger partial charge in [-0.3, -0.25) is 9.59 Å². The van der Waals surface area contributed by atoms with Crippen LogP contribution in [0.2, 0.25) is 0 Å². The molecule has 2 unspecified atom stereocenters. The summed E-state index contributed by atoms with van der Waals surface area (Å²) in [5.74, 6) is -0.0508. The van der Waals surface area contributed by atoms with E-state index in [1.54, 1.807) is 0 Å². The van der Waals surface area contributed by atoms with Gasteiger partial charge in [-0.2, -0.15) is 0 Å². The molecule has 0 fully saturated rings. The first-order valence-electron chi connectivity index (χ1n) is 32.1. The van der Waals surface area contributed by atoms with Crippen LogP contribution in [0.5, 0.6) is 0 Å². The topological polar surface area (TPSA) is 95.9 Å². The molecule has 0 saturated carbocycles. The number of amides is 1. The Kier molecular flexibility index (Phi) is 59.5. The van der Waals surface area contributed by atoms with E-state index in [2.05, 4.69) is 43.5 Å². The Morgan fingerprint density at radius 1 is 0.394 bits per heavy atom. The van der Waals surface area contributed by atoms with E-state index in [0.717, 1.165) is 70.6 Å². The van der Waals surface area contributed by atoms with Crippen molar-refractivity contribution in [3.8, 4) is 0 Å². The van der Waals surface area contributed by atoms with Crippen LogP contribution < -0.4 is 5.32 Å². The third-order valence-corrected chi connectivity index (χ3v) is 15.0. The van der Waals surface area contributed by atoms with Crippen LogP contribution in [0.15, 0.2) is 24.3 Å². The van der Waals surface area contributed by atoms with E-state index >= 15 is 0 Å². The standard InChI is InChI=1S/C65H125NO5/c1-3-5-7-9-11-13-15-17-19-21-23-26-29-33-37-41-45-49-53-57-63(68)62(61-67)66-64(69)58-54-50-46-42-38-34-30-27-24-22-25-28-32-36-40-44-48-52-56-60-71-65(70)59-55-51-47-43-39-35-31-20-18-16-14-12-10-8-6-4-2/h28,32,36,40,62-63,67-68H,3-27,29-31,33-35,37-39,41-61H2,1-2H3,(H,66,69)/b32-28-,40-36-. The number of nitrogens with one attached hydrogen (secondary N) is 1. The molecule has 0 bridgehead atoms. The molecule has 0 radical (unpaired) electrons. The SMILES string of the molecule is CCCCCCCCCCCCCCCCCCCCCC(O)C(CO)NC(=O)CCCCCCCCCCCC/C=C\C=C/CCCCCOC(=O)CCCCCCCCCCCCCCCCCC. The van der Waals surface area contributed by atoms with Crippen LogP contribution in [-0.2, 0) is 14.3 Å². The van der Waals surface area contributed by atoms with E-state index < -0.39 is 12.1 Å². The molecule has 2 atom stereocenters. The number of hydrogen-bond acceptors (Lipinski definition) is 5. The molecule has 0 rings (SSSR count). The molecule has 0 spiro atoms. The number of carbonyl (C=O) groups is 2. The lowest BCUT2D eigenvalue weighted by molar-refractivity contribution is -0.143. The minimum absolute atomic E-state index is 0.00916. The highest BCUT2D eigenvalue weighted by Gasteiger charge is 2.20. The van der Waals surface area contributed by atoms with Gasteiger partial charge in [-0.25, -0.2) is 0 Å². The zero-order valence-corrected chi connectivity index (χ0v) is 48.0. The monoisotopic (exact) mass is 1000 g/mol. The van der Waals surface area contributed by atoms with Crippen molar-refractivity contribution in [2.75, 3.05) is 13.2 Å². The predicted octanol–water partition coefficient (Wildman–Crippen LogP) is 20.2. The Labute approximate surface area is 443 Å². The molecule has 0 aromatic heterocycles. The molecule has 0 heterocycles. The predicted molar refractivity (Wildman–Crippen MR) is 310 cm³/mol. The lowest BCUT2D eigenvalue weighted by Gasteiger charge is -2.22. The first-order chi connectivity index (χ1) is 35.0. The van der Waals surface area contributed by atoms with Crippen molar-refractivity contribution in [2.45, 2.75) is 366 Å². The van der Waals surface area contributed by atoms with Crippen molar-refractivity contribution in [3.05, 3.63) is 24.3 Å². The summed E-state index contributed by atoms with van der Waals surface area (Å²) in [7, 11) is 0. The second kappa shape index (κ2) is 60.9. The summed E-state index contributed by atoms with van der Waals surface area (Å²) in [5.41, 5.74) is 0. The maximum atomic E-state index is 12.5. The number of allylic oxidation sites excluding steroid dienone is 4. The van der Waals surface area contributed by atoms with Gasteiger partial charge in [0, 0.05) is 12.8 Å². The molecule has 420 valence electrons. The van der Waals surface area contributed by atoms with Crippen LogP contribution in [-0.4, -0.2) is 47.4 Å². The lowest BCUT2D eigenvalue weighted by Crippen LogP contribution is -2.45. The molecule has 3 N–H and O–H groups in total. The maximum absolute atomic E-state index is 12.5. The van der Waals surface area contributed by atoms with Gasteiger partial charge in [0.15, 0.2) is 0 Å². The summed E-state index contributed by atoms with van der Waals surface area (Å²) in [6.07, 6.45) is 74.8. The minimum Gasteiger partial charge on any atom is -0.466 e. The lowest BCUT2D eigenvalue weighted by atomic mass is 10.0.